The van der Waals surface area contributed by atoms with Gasteiger partial charge in [0.2, 0.25) is 5.75 Å². The van der Waals surface area contributed by atoms with Crippen LogP contribution in [0.25, 0.3) is 0 Å². The molecule has 0 fully saturated rings. The number of ether oxygens (including phenoxy) is 5. The molecule has 30 heavy (non-hydrogen) atoms. The third kappa shape index (κ3) is 4.30. The van der Waals surface area contributed by atoms with E-state index in [0.717, 1.165) is 22.7 Å². The molecule has 0 aliphatic heterocycles. The normalized spacial score (nSPS) is 10.2. The van der Waals surface area contributed by atoms with E-state index in [9.17, 15) is 0 Å². The second kappa shape index (κ2) is 9.65. The number of methoxy groups -OCH3 is 5. The van der Waals surface area contributed by atoms with E-state index in [1.165, 1.54) is 0 Å². The number of benzene rings is 3. The molecule has 3 aromatic carbocycles. The zero-order valence-corrected chi connectivity index (χ0v) is 17.7. The topological polar surface area (TPSA) is 70.2 Å². The average molecular weight is 410 g/mol. The smallest absolute Gasteiger partial charge is 0.205 e. The number of nitrogens with one attached hydrogen (secondary N) is 2. The number of hydrogen-bond acceptors (Lipinski definition) is 7. The van der Waals surface area contributed by atoms with Crippen LogP contribution >= 0.6 is 0 Å². The molecule has 7 heteroatoms. The third-order valence-electron chi connectivity index (χ3n) is 4.56. The van der Waals surface area contributed by atoms with Gasteiger partial charge < -0.3 is 34.3 Å². The Morgan fingerprint density at radius 1 is 0.500 bits per heavy atom. The largest absolute Gasteiger partial charge is 0.493 e. The molecule has 3 aromatic rings. The molecule has 0 saturated carbocycles. The van der Waals surface area contributed by atoms with Gasteiger partial charge in [-0.1, -0.05) is 12.1 Å². The maximum Gasteiger partial charge on any atom is 0.205 e. The quantitative estimate of drug-likeness (QED) is 0.501. The predicted molar refractivity (Wildman–Crippen MR) is 119 cm³/mol. The van der Waals surface area contributed by atoms with Crippen molar-refractivity contribution in [3.8, 4) is 28.7 Å². The molecule has 3 rings (SSSR count). The highest BCUT2D eigenvalue weighted by Crippen LogP contribution is 2.44. The predicted octanol–water partition coefficient (Wildman–Crippen LogP) is 5.22. The summed E-state index contributed by atoms with van der Waals surface area (Å²) in [5.41, 5.74) is 3.34. The van der Waals surface area contributed by atoms with Crippen molar-refractivity contribution in [2.45, 2.75) is 0 Å². The van der Waals surface area contributed by atoms with Crippen molar-refractivity contribution < 1.29 is 23.7 Å². The fourth-order valence-electron chi connectivity index (χ4n) is 3.12. The molecule has 0 spiro atoms. The van der Waals surface area contributed by atoms with Crippen LogP contribution in [0.5, 0.6) is 28.7 Å². The Hall–Kier alpha value is -3.74. The van der Waals surface area contributed by atoms with Crippen LogP contribution in [-0.4, -0.2) is 35.5 Å². The minimum Gasteiger partial charge on any atom is -0.493 e. The minimum atomic E-state index is 0.523. The van der Waals surface area contributed by atoms with Gasteiger partial charge in [-0.15, -0.1) is 0 Å². The highest BCUT2D eigenvalue weighted by molar-refractivity contribution is 5.82. The van der Waals surface area contributed by atoms with E-state index in [0.29, 0.717) is 28.7 Å². The van der Waals surface area contributed by atoms with E-state index in [1.807, 2.05) is 54.6 Å². The Labute approximate surface area is 176 Å². The number of anilines is 4. The van der Waals surface area contributed by atoms with Crippen molar-refractivity contribution in [2.24, 2.45) is 0 Å². The van der Waals surface area contributed by atoms with Crippen LogP contribution in [0.3, 0.4) is 0 Å². The van der Waals surface area contributed by atoms with E-state index in [1.54, 1.807) is 35.5 Å². The molecule has 0 heterocycles. The van der Waals surface area contributed by atoms with E-state index >= 15 is 0 Å². The summed E-state index contributed by atoms with van der Waals surface area (Å²) in [5.74, 6) is 2.99. The highest BCUT2D eigenvalue weighted by Gasteiger charge is 2.17. The van der Waals surface area contributed by atoms with E-state index in [-0.39, 0.29) is 0 Å². The van der Waals surface area contributed by atoms with E-state index < -0.39 is 0 Å². The molecule has 158 valence electrons. The van der Waals surface area contributed by atoms with Crippen LogP contribution in [0, 0.1) is 0 Å². The van der Waals surface area contributed by atoms with Crippen molar-refractivity contribution in [3.05, 3.63) is 54.6 Å². The number of rotatable bonds is 9. The second-order valence-corrected chi connectivity index (χ2v) is 6.25. The van der Waals surface area contributed by atoms with E-state index in [2.05, 4.69) is 10.6 Å². The summed E-state index contributed by atoms with van der Waals surface area (Å²) >= 11 is 0. The number of para-hydroxylation sites is 2. The van der Waals surface area contributed by atoms with Crippen molar-refractivity contribution in [3.63, 3.8) is 0 Å². The Balaban J connectivity index is 1.94. The van der Waals surface area contributed by atoms with Gasteiger partial charge in [0.05, 0.1) is 52.6 Å². The molecule has 0 aliphatic carbocycles. The summed E-state index contributed by atoms with van der Waals surface area (Å²) in [6, 6.07) is 17.2. The molecular formula is C23H26N2O5. The van der Waals surface area contributed by atoms with Gasteiger partial charge >= 0.3 is 0 Å². The molecule has 0 aromatic heterocycles. The Morgan fingerprint density at radius 2 is 1.10 bits per heavy atom. The lowest BCUT2D eigenvalue weighted by molar-refractivity contribution is 0.325. The molecule has 0 radical (unpaired) electrons. The Kier molecular flexibility index (Phi) is 6.75. The zero-order valence-electron chi connectivity index (χ0n) is 17.7. The maximum absolute atomic E-state index is 5.58. The van der Waals surface area contributed by atoms with Crippen molar-refractivity contribution in [2.75, 3.05) is 46.2 Å². The van der Waals surface area contributed by atoms with Gasteiger partial charge in [-0.3, -0.25) is 0 Å². The molecule has 0 unspecified atom stereocenters. The van der Waals surface area contributed by atoms with E-state index in [4.69, 9.17) is 23.7 Å². The fourth-order valence-corrected chi connectivity index (χ4v) is 3.12. The van der Waals surface area contributed by atoms with Crippen LogP contribution in [-0.2, 0) is 0 Å². The molecule has 0 atom stereocenters. The first-order chi connectivity index (χ1) is 14.6. The fraction of sp³-hybridized carbons (Fsp3) is 0.217. The van der Waals surface area contributed by atoms with Gasteiger partial charge in [0.15, 0.2) is 23.0 Å². The van der Waals surface area contributed by atoms with Crippen LogP contribution in [0.15, 0.2) is 54.6 Å². The molecular weight excluding hydrogens is 384 g/mol. The summed E-state index contributed by atoms with van der Waals surface area (Å²) in [6.45, 7) is 0. The molecule has 2 N–H and O–H groups in total. The van der Waals surface area contributed by atoms with Crippen LogP contribution < -0.4 is 34.3 Å². The number of hydrogen-bond donors (Lipinski definition) is 2. The lowest BCUT2D eigenvalue weighted by Crippen LogP contribution is -2.02. The first-order valence-electron chi connectivity index (χ1n) is 9.29. The van der Waals surface area contributed by atoms with Gasteiger partial charge in [-0.25, -0.2) is 0 Å². The summed E-state index contributed by atoms with van der Waals surface area (Å²) < 4.78 is 27.1. The first kappa shape index (κ1) is 21.0. The van der Waals surface area contributed by atoms with Crippen molar-refractivity contribution in [1.29, 1.82) is 0 Å². The lowest BCUT2D eigenvalue weighted by atomic mass is 10.2. The van der Waals surface area contributed by atoms with Gasteiger partial charge in [0.1, 0.15) is 0 Å². The van der Waals surface area contributed by atoms with Crippen LogP contribution in [0.4, 0.5) is 22.7 Å². The molecule has 0 amide bonds. The monoisotopic (exact) mass is 410 g/mol. The average Bonchev–Trinajstić information content (AvgIpc) is 2.79. The van der Waals surface area contributed by atoms with Crippen molar-refractivity contribution >= 4 is 22.7 Å². The maximum atomic E-state index is 5.58. The summed E-state index contributed by atoms with van der Waals surface area (Å²) in [7, 11) is 7.99. The van der Waals surface area contributed by atoms with Crippen LogP contribution in [0.2, 0.25) is 0 Å². The molecule has 0 aliphatic rings. The van der Waals surface area contributed by atoms with Crippen LogP contribution in [0.1, 0.15) is 0 Å². The SMILES string of the molecule is COc1ccc(Nc2ccccc2Nc2ccc(OC)c(OC)c2OC)cc1OC. The summed E-state index contributed by atoms with van der Waals surface area (Å²) in [6.07, 6.45) is 0. The lowest BCUT2D eigenvalue weighted by Gasteiger charge is -2.19. The van der Waals surface area contributed by atoms with Gasteiger partial charge in [-0.05, 0) is 36.4 Å². The van der Waals surface area contributed by atoms with Gasteiger partial charge in [0.25, 0.3) is 0 Å². The van der Waals surface area contributed by atoms with Crippen molar-refractivity contribution in [1.82, 2.24) is 0 Å². The standard InChI is InChI=1S/C23H26N2O5/c1-26-19-12-10-15(14-21(19)28-3)24-16-8-6-7-9-17(16)25-18-11-13-20(27-2)23(30-5)22(18)29-4/h6-14,24-25H,1-5H3. The zero-order chi connectivity index (χ0) is 21.5. The Morgan fingerprint density at radius 3 is 1.70 bits per heavy atom. The second-order valence-electron chi connectivity index (χ2n) is 6.25. The highest BCUT2D eigenvalue weighted by atomic mass is 16.5. The molecule has 7 nitrogen and oxygen atoms in total. The summed E-state index contributed by atoms with van der Waals surface area (Å²) in [4.78, 5) is 0. The Bertz CT molecular complexity index is 1010. The minimum absolute atomic E-state index is 0.523. The van der Waals surface area contributed by atoms with Gasteiger partial charge in [-0.2, -0.15) is 0 Å². The van der Waals surface area contributed by atoms with Gasteiger partial charge in [0, 0.05) is 11.8 Å². The first-order valence-corrected chi connectivity index (χ1v) is 9.29. The summed E-state index contributed by atoms with van der Waals surface area (Å²) in [5, 5.41) is 6.82. The third-order valence-corrected chi connectivity index (χ3v) is 4.56. The molecule has 0 bridgehead atoms. The molecule has 0 saturated heterocycles.